The second kappa shape index (κ2) is 5.69. The van der Waals surface area contributed by atoms with Crippen LogP contribution in [0.15, 0.2) is 42.6 Å². The molecule has 6 heteroatoms. The summed E-state index contributed by atoms with van der Waals surface area (Å²) in [5, 5.41) is 9.81. The van der Waals surface area contributed by atoms with Crippen LogP contribution in [0, 0.1) is 6.92 Å². The van der Waals surface area contributed by atoms with Gasteiger partial charge in [0.2, 0.25) is 0 Å². The third-order valence-corrected chi connectivity index (χ3v) is 3.65. The highest BCUT2D eigenvalue weighted by molar-refractivity contribution is 6.32. The third kappa shape index (κ3) is 2.51. The molecule has 3 aromatic rings. The molecular formula is C16H13ClN2O3. The average Bonchev–Trinajstić information content (AvgIpc) is 2.87. The molecule has 0 saturated heterocycles. The SMILES string of the molecule is Cc1cccn2c(COc3ccccc3Cl)nc(C(=O)O)c12. The van der Waals surface area contributed by atoms with E-state index in [9.17, 15) is 9.90 Å². The number of para-hydroxylation sites is 1. The Kier molecular flexibility index (Phi) is 3.73. The maximum Gasteiger partial charge on any atom is 0.356 e. The molecule has 1 N–H and O–H groups in total. The van der Waals surface area contributed by atoms with E-state index < -0.39 is 5.97 Å². The van der Waals surface area contributed by atoms with E-state index in [2.05, 4.69) is 4.98 Å². The Labute approximate surface area is 131 Å². The fourth-order valence-electron chi connectivity index (χ4n) is 2.32. The van der Waals surface area contributed by atoms with E-state index in [1.54, 1.807) is 22.7 Å². The predicted molar refractivity (Wildman–Crippen MR) is 82.7 cm³/mol. The van der Waals surface area contributed by atoms with Gasteiger partial charge in [-0.15, -0.1) is 0 Å². The first-order valence-electron chi connectivity index (χ1n) is 6.65. The van der Waals surface area contributed by atoms with E-state index >= 15 is 0 Å². The van der Waals surface area contributed by atoms with Gasteiger partial charge in [-0.25, -0.2) is 9.78 Å². The maximum absolute atomic E-state index is 11.4. The number of ether oxygens (including phenoxy) is 1. The van der Waals surface area contributed by atoms with Crippen LogP contribution in [0.3, 0.4) is 0 Å². The van der Waals surface area contributed by atoms with Crippen LogP contribution < -0.4 is 4.74 Å². The quantitative estimate of drug-likeness (QED) is 0.799. The summed E-state index contributed by atoms with van der Waals surface area (Å²) in [6.45, 7) is 1.98. The van der Waals surface area contributed by atoms with E-state index in [1.165, 1.54) is 0 Å². The molecule has 0 spiro atoms. The maximum atomic E-state index is 11.4. The lowest BCUT2D eigenvalue weighted by molar-refractivity contribution is 0.0693. The molecule has 0 aliphatic rings. The molecule has 0 amide bonds. The number of hydrogen-bond donors (Lipinski definition) is 1. The van der Waals surface area contributed by atoms with Crippen molar-refractivity contribution in [1.29, 1.82) is 0 Å². The summed E-state index contributed by atoms with van der Waals surface area (Å²) in [6.07, 6.45) is 1.77. The fraction of sp³-hybridized carbons (Fsp3) is 0.125. The molecule has 22 heavy (non-hydrogen) atoms. The van der Waals surface area contributed by atoms with Gasteiger partial charge in [0.15, 0.2) is 11.5 Å². The van der Waals surface area contributed by atoms with Gasteiger partial charge in [-0.2, -0.15) is 0 Å². The van der Waals surface area contributed by atoms with Gasteiger partial charge in [-0.05, 0) is 30.7 Å². The molecular weight excluding hydrogens is 304 g/mol. The van der Waals surface area contributed by atoms with Gasteiger partial charge < -0.3 is 9.84 Å². The minimum Gasteiger partial charge on any atom is -0.484 e. The first kappa shape index (κ1) is 14.4. The number of aryl methyl sites for hydroxylation is 1. The highest BCUT2D eigenvalue weighted by Crippen LogP contribution is 2.25. The lowest BCUT2D eigenvalue weighted by Gasteiger charge is -2.07. The molecule has 3 rings (SSSR count). The van der Waals surface area contributed by atoms with Gasteiger partial charge in [0.1, 0.15) is 12.4 Å². The first-order valence-corrected chi connectivity index (χ1v) is 7.03. The molecule has 2 aromatic heterocycles. The number of carboxylic acids is 1. The van der Waals surface area contributed by atoms with Gasteiger partial charge in [0.05, 0.1) is 10.5 Å². The number of carbonyl (C=O) groups is 1. The number of benzene rings is 1. The molecule has 0 radical (unpaired) electrons. The highest BCUT2D eigenvalue weighted by atomic mass is 35.5. The Balaban J connectivity index is 2.00. The first-order chi connectivity index (χ1) is 10.6. The summed E-state index contributed by atoms with van der Waals surface area (Å²) in [5.41, 5.74) is 1.44. The molecule has 1 aromatic carbocycles. The zero-order chi connectivity index (χ0) is 15.7. The summed E-state index contributed by atoms with van der Waals surface area (Å²) in [5.74, 6) is -0.0164. The van der Waals surface area contributed by atoms with Crippen molar-refractivity contribution in [2.24, 2.45) is 0 Å². The van der Waals surface area contributed by atoms with E-state index in [1.807, 2.05) is 31.2 Å². The Hall–Kier alpha value is -2.53. The van der Waals surface area contributed by atoms with Crippen molar-refractivity contribution in [3.8, 4) is 5.75 Å². The largest absolute Gasteiger partial charge is 0.484 e. The Bertz CT molecular complexity index is 858. The number of imidazole rings is 1. The van der Waals surface area contributed by atoms with Crippen molar-refractivity contribution < 1.29 is 14.6 Å². The van der Waals surface area contributed by atoms with Crippen LogP contribution in [0.1, 0.15) is 21.9 Å². The second-order valence-electron chi connectivity index (χ2n) is 4.81. The lowest BCUT2D eigenvalue weighted by atomic mass is 10.2. The smallest absolute Gasteiger partial charge is 0.356 e. The molecule has 0 atom stereocenters. The number of pyridine rings is 1. The summed E-state index contributed by atoms with van der Waals surface area (Å²) in [7, 11) is 0. The predicted octanol–water partition coefficient (Wildman–Crippen LogP) is 3.57. The standard InChI is InChI=1S/C16H13ClN2O3/c1-10-5-4-8-19-13(18-14(15(10)19)16(20)21)9-22-12-7-3-2-6-11(12)17/h2-8H,9H2,1H3,(H,20,21). The molecule has 112 valence electrons. The zero-order valence-electron chi connectivity index (χ0n) is 11.8. The Morgan fingerprint density at radius 3 is 2.82 bits per heavy atom. The van der Waals surface area contributed by atoms with Crippen molar-refractivity contribution in [3.63, 3.8) is 0 Å². The minimum absolute atomic E-state index is 0.0239. The molecule has 0 fully saturated rings. The van der Waals surface area contributed by atoms with Gasteiger partial charge >= 0.3 is 5.97 Å². The van der Waals surface area contributed by atoms with Crippen molar-refractivity contribution >= 4 is 23.1 Å². The summed E-state index contributed by atoms with van der Waals surface area (Å²) in [6, 6.07) is 10.8. The summed E-state index contributed by atoms with van der Waals surface area (Å²) < 4.78 is 7.39. The van der Waals surface area contributed by atoms with E-state index in [4.69, 9.17) is 16.3 Å². The summed E-state index contributed by atoms with van der Waals surface area (Å²) in [4.78, 5) is 15.6. The van der Waals surface area contributed by atoms with Crippen LogP contribution in [0.4, 0.5) is 0 Å². The number of fused-ring (bicyclic) bond motifs is 1. The van der Waals surface area contributed by atoms with Gasteiger partial charge in [-0.3, -0.25) is 4.40 Å². The molecule has 0 saturated carbocycles. The third-order valence-electron chi connectivity index (χ3n) is 3.34. The van der Waals surface area contributed by atoms with E-state index in [0.29, 0.717) is 22.1 Å². The number of rotatable bonds is 4. The van der Waals surface area contributed by atoms with Crippen LogP contribution >= 0.6 is 11.6 Å². The van der Waals surface area contributed by atoms with Crippen LogP contribution in [0.2, 0.25) is 5.02 Å². The Morgan fingerprint density at radius 2 is 2.09 bits per heavy atom. The number of hydrogen-bond acceptors (Lipinski definition) is 3. The summed E-state index contributed by atoms with van der Waals surface area (Å²) >= 11 is 6.04. The van der Waals surface area contributed by atoms with E-state index in [0.717, 1.165) is 5.56 Å². The molecule has 5 nitrogen and oxygen atoms in total. The van der Waals surface area contributed by atoms with E-state index in [-0.39, 0.29) is 12.3 Å². The van der Waals surface area contributed by atoms with Crippen LogP contribution in [0.5, 0.6) is 5.75 Å². The van der Waals surface area contributed by atoms with Crippen molar-refractivity contribution in [3.05, 3.63) is 64.7 Å². The molecule has 0 bridgehead atoms. The number of carboxylic acid groups (broad SMARTS) is 1. The normalized spacial score (nSPS) is 10.8. The number of aromatic carboxylic acids is 1. The number of halogens is 1. The van der Waals surface area contributed by atoms with Crippen LogP contribution in [0.25, 0.3) is 5.52 Å². The second-order valence-corrected chi connectivity index (χ2v) is 5.22. The van der Waals surface area contributed by atoms with Crippen LogP contribution in [-0.2, 0) is 6.61 Å². The van der Waals surface area contributed by atoms with Crippen molar-refractivity contribution in [2.45, 2.75) is 13.5 Å². The van der Waals surface area contributed by atoms with Crippen molar-refractivity contribution in [1.82, 2.24) is 9.38 Å². The van der Waals surface area contributed by atoms with Crippen LogP contribution in [-0.4, -0.2) is 20.5 Å². The fourth-order valence-corrected chi connectivity index (χ4v) is 2.51. The molecule has 0 unspecified atom stereocenters. The molecule has 0 aliphatic carbocycles. The van der Waals surface area contributed by atoms with Gasteiger partial charge in [0.25, 0.3) is 0 Å². The lowest BCUT2D eigenvalue weighted by Crippen LogP contribution is -2.02. The van der Waals surface area contributed by atoms with Gasteiger partial charge in [0, 0.05) is 6.20 Å². The Morgan fingerprint density at radius 1 is 1.32 bits per heavy atom. The average molecular weight is 317 g/mol. The highest BCUT2D eigenvalue weighted by Gasteiger charge is 2.18. The monoisotopic (exact) mass is 316 g/mol. The number of aromatic nitrogens is 2. The molecule has 0 aliphatic heterocycles. The number of nitrogens with zero attached hydrogens (tertiary/aromatic N) is 2. The topological polar surface area (TPSA) is 63.8 Å². The zero-order valence-corrected chi connectivity index (χ0v) is 12.5. The minimum atomic E-state index is -1.06. The molecule has 2 heterocycles. The van der Waals surface area contributed by atoms with Gasteiger partial charge in [-0.1, -0.05) is 29.8 Å². The van der Waals surface area contributed by atoms with Crippen molar-refractivity contribution in [2.75, 3.05) is 0 Å².